The van der Waals surface area contributed by atoms with Gasteiger partial charge in [0.1, 0.15) is 6.07 Å². The van der Waals surface area contributed by atoms with Crippen molar-refractivity contribution in [2.45, 2.75) is 32.2 Å². The van der Waals surface area contributed by atoms with Gasteiger partial charge in [0.25, 0.3) is 0 Å². The third-order valence-electron chi connectivity index (χ3n) is 3.30. The zero-order valence-electron chi connectivity index (χ0n) is 9.33. The molecule has 1 aromatic carbocycles. The minimum atomic E-state index is 0.494. The lowest BCUT2D eigenvalue weighted by Crippen LogP contribution is -2.22. The van der Waals surface area contributed by atoms with E-state index in [2.05, 4.69) is 18.3 Å². The molecule has 0 aliphatic heterocycles. The van der Waals surface area contributed by atoms with Crippen molar-refractivity contribution in [3.8, 4) is 6.07 Å². The first-order valence-corrected chi connectivity index (χ1v) is 6.04. The van der Waals surface area contributed by atoms with E-state index in [9.17, 15) is 0 Å². The number of nitrogens with zero attached hydrogens (tertiary/aromatic N) is 1. The minimum Gasteiger partial charge on any atom is -0.381 e. The number of hydrogen-bond donors (Lipinski definition) is 1. The maximum Gasteiger partial charge on any atom is 0.101 e. The van der Waals surface area contributed by atoms with Crippen LogP contribution < -0.4 is 5.32 Å². The van der Waals surface area contributed by atoms with Crippen LogP contribution in [-0.2, 0) is 0 Å². The topological polar surface area (TPSA) is 35.8 Å². The SMILES string of the molecule is CC1CCCC1Nc1ccc(Cl)cc1C#N. The average molecular weight is 235 g/mol. The number of halogens is 1. The molecule has 2 unspecified atom stereocenters. The van der Waals surface area contributed by atoms with Gasteiger partial charge in [0.2, 0.25) is 0 Å². The Hall–Kier alpha value is -1.20. The van der Waals surface area contributed by atoms with Crippen LogP contribution in [0, 0.1) is 17.2 Å². The Kier molecular flexibility index (Phi) is 3.36. The summed E-state index contributed by atoms with van der Waals surface area (Å²) in [5.74, 6) is 0.683. The highest BCUT2D eigenvalue weighted by Crippen LogP contribution is 2.29. The van der Waals surface area contributed by atoms with E-state index in [1.54, 1.807) is 6.07 Å². The molecule has 0 radical (unpaired) electrons. The summed E-state index contributed by atoms with van der Waals surface area (Å²) < 4.78 is 0. The van der Waals surface area contributed by atoms with Crippen LogP contribution >= 0.6 is 11.6 Å². The summed E-state index contributed by atoms with van der Waals surface area (Å²) in [6.45, 7) is 2.26. The van der Waals surface area contributed by atoms with Gasteiger partial charge >= 0.3 is 0 Å². The van der Waals surface area contributed by atoms with E-state index in [0.29, 0.717) is 22.5 Å². The molecule has 3 heteroatoms. The van der Waals surface area contributed by atoms with E-state index in [0.717, 1.165) is 5.69 Å². The zero-order chi connectivity index (χ0) is 11.5. The van der Waals surface area contributed by atoms with E-state index in [-0.39, 0.29) is 0 Å². The molecular weight excluding hydrogens is 220 g/mol. The van der Waals surface area contributed by atoms with Crippen LogP contribution in [0.1, 0.15) is 31.7 Å². The zero-order valence-corrected chi connectivity index (χ0v) is 10.1. The van der Waals surface area contributed by atoms with E-state index in [1.165, 1.54) is 19.3 Å². The van der Waals surface area contributed by atoms with Gasteiger partial charge in [0, 0.05) is 11.1 Å². The van der Waals surface area contributed by atoms with Gasteiger partial charge in [-0.1, -0.05) is 24.9 Å². The molecule has 16 heavy (non-hydrogen) atoms. The Morgan fingerprint density at radius 1 is 1.44 bits per heavy atom. The monoisotopic (exact) mass is 234 g/mol. The van der Waals surface area contributed by atoms with Crippen LogP contribution in [0.3, 0.4) is 0 Å². The first kappa shape index (κ1) is 11.3. The molecule has 84 valence electrons. The van der Waals surface area contributed by atoms with E-state index in [4.69, 9.17) is 16.9 Å². The summed E-state index contributed by atoms with van der Waals surface area (Å²) in [7, 11) is 0. The van der Waals surface area contributed by atoms with Crippen molar-refractivity contribution in [1.29, 1.82) is 5.26 Å². The number of rotatable bonds is 2. The lowest BCUT2D eigenvalue weighted by Gasteiger charge is -2.19. The first-order valence-electron chi connectivity index (χ1n) is 5.67. The minimum absolute atomic E-state index is 0.494. The summed E-state index contributed by atoms with van der Waals surface area (Å²) in [4.78, 5) is 0. The number of nitrogens with one attached hydrogen (secondary N) is 1. The number of benzene rings is 1. The molecule has 1 saturated carbocycles. The molecule has 0 spiro atoms. The summed E-state index contributed by atoms with van der Waals surface area (Å²) >= 11 is 5.86. The molecule has 1 aliphatic carbocycles. The van der Waals surface area contributed by atoms with Crippen LogP contribution in [0.4, 0.5) is 5.69 Å². The molecule has 0 heterocycles. The number of hydrogen-bond acceptors (Lipinski definition) is 2. The molecule has 1 N–H and O–H groups in total. The predicted molar refractivity (Wildman–Crippen MR) is 66.6 cm³/mol. The Morgan fingerprint density at radius 2 is 2.25 bits per heavy atom. The number of nitriles is 1. The van der Waals surface area contributed by atoms with Crippen LogP contribution in [0.25, 0.3) is 0 Å². The molecule has 0 aromatic heterocycles. The predicted octanol–water partition coefficient (Wildman–Crippen LogP) is 3.81. The summed E-state index contributed by atoms with van der Waals surface area (Å²) in [5.41, 5.74) is 1.54. The van der Waals surface area contributed by atoms with Crippen molar-refractivity contribution < 1.29 is 0 Å². The molecule has 0 bridgehead atoms. The van der Waals surface area contributed by atoms with Crippen molar-refractivity contribution in [1.82, 2.24) is 0 Å². The van der Waals surface area contributed by atoms with Crippen LogP contribution in [0.5, 0.6) is 0 Å². The Balaban J connectivity index is 2.18. The van der Waals surface area contributed by atoms with Crippen molar-refractivity contribution in [3.05, 3.63) is 28.8 Å². The molecule has 0 saturated heterocycles. The second kappa shape index (κ2) is 4.76. The third-order valence-corrected chi connectivity index (χ3v) is 3.54. The standard InChI is InChI=1S/C13H15ClN2/c1-9-3-2-4-12(9)16-13-6-5-11(14)7-10(13)8-15/h5-7,9,12,16H,2-4H2,1H3. The lowest BCUT2D eigenvalue weighted by molar-refractivity contribution is 0.556. The summed E-state index contributed by atoms with van der Waals surface area (Å²) in [6, 6.07) is 8.10. The average Bonchev–Trinajstić information content (AvgIpc) is 2.67. The molecule has 2 nitrogen and oxygen atoms in total. The lowest BCUT2D eigenvalue weighted by atomic mass is 10.1. The molecule has 0 amide bonds. The quantitative estimate of drug-likeness (QED) is 0.845. The number of anilines is 1. The van der Waals surface area contributed by atoms with Crippen molar-refractivity contribution in [3.63, 3.8) is 0 Å². The Morgan fingerprint density at radius 3 is 2.88 bits per heavy atom. The molecular formula is C13H15ClN2. The van der Waals surface area contributed by atoms with E-state index >= 15 is 0 Å². The third kappa shape index (κ3) is 2.31. The fourth-order valence-corrected chi connectivity index (χ4v) is 2.47. The van der Waals surface area contributed by atoms with E-state index < -0.39 is 0 Å². The Bertz CT molecular complexity index is 422. The maximum atomic E-state index is 9.03. The van der Waals surface area contributed by atoms with Gasteiger partial charge in [-0.05, 0) is 37.0 Å². The van der Waals surface area contributed by atoms with Gasteiger partial charge in [-0.25, -0.2) is 0 Å². The maximum absolute atomic E-state index is 9.03. The van der Waals surface area contributed by atoms with Crippen molar-refractivity contribution in [2.75, 3.05) is 5.32 Å². The first-order chi connectivity index (χ1) is 7.70. The fraction of sp³-hybridized carbons (Fsp3) is 0.462. The van der Waals surface area contributed by atoms with E-state index in [1.807, 2.05) is 12.1 Å². The fourth-order valence-electron chi connectivity index (χ4n) is 2.29. The van der Waals surface area contributed by atoms with Crippen molar-refractivity contribution >= 4 is 17.3 Å². The van der Waals surface area contributed by atoms with Crippen LogP contribution in [0.15, 0.2) is 18.2 Å². The molecule has 2 rings (SSSR count). The molecule has 1 fully saturated rings. The summed E-state index contributed by atoms with van der Waals surface area (Å²) in [5, 5.41) is 13.1. The summed E-state index contributed by atoms with van der Waals surface area (Å²) in [6.07, 6.45) is 3.73. The molecule has 2 atom stereocenters. The van der Waals surface area contributed by atoms with Gasteiger partial charge in [-0.3, -0.25) is 0 Å². The van der Waals surface area contributed by atoms with Crippen LogP contribution in [0.2, 0.25) is 5.02 Å². The van der Waals surface area contributed by atoms with Gasteiger partial charge in [-0.15, -0.1) is 0 Å². The molecule has 1 aliphatic rings. The second-order valence-electron chi connectivity index (χ2n) is 4.46. The van der Waals surface area contributed by atoms with Gasteiger partial charge < -0.3 is 5.32 Å². The highest BCUT2D eigenvalue weighted by molar-refractivity contribution is 6.30. The van der Waals surface area contributed by atoms with Gasteiger partial charge in [-0.2, -0.15) is 5.26 Å². The highest BCUT2D eigenvalue weighted by Gasteiger charge is 2.23. The normalized spacial score (nSPS) is 24.1. The van der Waals surface area contributed by atoms with Gasteiger partial charge in [0.15, 0.2) is 0 Å². The largest absolute Gasteiger partial charge is 0.381 e. The van der Waals surface area contributed by atoms with Crippen LogP contribution in [-0.4, -0.2) is 6.04 Å². The Labute approximate surface area is 101 Å². The highest BCUT2D eigenvalue weighted by atomic mass is 35.5. The van der Waals surface area contributed by atoms with Gasteiger partial charge in [0.05, 0.1) is 11.3 Å². The van der Waals surface area contributed by atoms with Crippen molar-refractivity contribution in [2.24, 2.45) is 5.92 Å². The smallest absolute Gasteiger partial charge is 0.101 e. The second-order valence-corrected chi connectivity index (χ2v) is 4.90. The molecule has 1 aromatic rings.